The van der Waals surface area contributed by atoms with Crippen LogP contribution in [0.4, 0.5) is 0 Å². The van der Waals surface area contributed by atoms with Gasteiger partial charge in [0.2, 0.25) is 17.7 Å². The van der Waals surface area contributed by atoms with E-state index in [4.69, 9.17) is 14.2 Å². The van der Waals surface area contributed by atoms with E-state index in [2.05, 4.69) is 18.5 Å². The Labute approximate surface area is 296 Å². The zero-order valence-electron chi connectivity index (χ0n) is 29.8. The Morgan fingerprint density at radius 1 is 1.12 bits per heavy atom. The van der Waals surface area contributed by atoms with Crippen molar-refractivity contribution in [3.05, 3.63) is 61.2 Å². The van der Waals surface area contributed by atoms with Crippen LogP contribution in [0.5, 0.6) is 0 Å². The first-order valence-corrected chi connectivity index (χ1v) is 18.3. The SMILES string of the molecule is C=CCCC(=O)N[C@H](COC)[C@H](OC(=O)[C@@H]1[C@@H]2CC[C@]3(O2)[C@H](C(=O)N(CC=C)C2CCCCC2)N([C@@H](CO)C(C)C)C(=O)[C@@H]13)c1ccccc1. The van der Waals surface area contributed by atoms with E-state index in [0.717, 1.165) is 32.1 Å². The van der Waals surface area contributed by atoms with E-state index >= 15 is 0 Å². The molecule has 5 rings (SSSR count). The first kappa shape index (κ1) is 37.7. The molecule has 1 aromatic carbocycles. The van der Waals surface area contributed by atoms with Crippen molar-refractivity contribution in [2.24, 2.45) is 17.8 Å². The van der Waals surface area contributed by atoms with Gasteiger partial charge in [0.05, 0.1) is 43.2 Å². The van der Waals surface area contributed by atoms with Gasteiger partial charge in [0.15, 0.2) is 0 Å². The molecule has 3 aliphatic heterocycles. The number of nitrogens with one attached hydrogen (secondary N) is 1. The number of hydrogen-bond acceptors (Lipinski definition) is 8. The Hall–Kier alpha value is -3.54. The van der Waals surface area contributed by atoms with Gasteiger partial charge in [-0.2, -0.15) is 0 Å². The van der Waals surface area contributed by atoms with Crippen LogP contribution in [-0.2, 0) is 33.4 Å². The topological polar surface area (TPSA) is 135 Å². The Bertz CT molecular complexity index is 1380. The van der Waals surface area contributed by atoms with Crippen LogP contribution >= 0.6 is 0 Å². The summed E-state index contributed by atoms with van der Waals surface area (Å²) in [5.74, 6) is -3.56. The molecule has 4 aliphatic rings. The minimum atomic E-state index is -1.24. The van der Waals surface area contributed by atoms with Gasteiger partial charge in [0.1, 0.15) is 17.7 Å². The van der Waals surface area contributed by atoms with E-state index < -0.39 is 53.7 Å². The van der Waals surface area contributed by atoms with Gasteiger partial charge in [-0.3, -0.25) is 19.2 Å². The van der Waals surface area contributed by atoms with Crippen LogP contribution in [-0.4, -0.2) is 101 Å². The van der Waals surface area contributed by atoms with Gasteiger partial charge in [0.25, 0.3) is 0 Å². The summed E-state index contributed by atoms with van der Waals surface area (Å²) in [7, 11) is 1.51. The van der Waals surface area contributed by atoms with Crippen LogP contribution < -0.4 is 5.32 Å². The molecule has 8 atom stereocenters. The predicted molar refractivity (Wildman–Crippen MR) is 187 cm³/mol. The van der Waals surface area contributed by atoms with Gasteiger partial charge in [-0.25, -0.2) is 0 Å². The molecule has 11 heteroatoms. The van der Waals surface area contributed by atoms with Gasteiger partial charge in [-0.05, 0) is 43.6 Å². The largest absolute Gasteiger partial charge is 0.455 e. The van der Waals surface area contributed by atoms with Crippen molar-refractivity contribution < 1.29 is 38.5 Å². The van der Waals surface area contributed by atoms with Crippen LogP contribution in [0.15, 0.2) is 55.6 Å². The van der Waals surface area contributed by atoms with E-state index in [-0.39, 0.29) is 49.3 Å². The Balaban J connectivity index is 1.51. The number of aliphatic hydroxyl groups is 1. The monoisotopic (exact) mass is 693 g/mol. The van der Waals surface area contributed by atoms with Crippen LogP contribution in [0.25, 0.3) is 0 Å². The molecule has 274 valence electrons. The van der Waals surface area contributed by atoms with Gasteiger partial charge in [0, 0.05) is 26.1 Å². The number of rotatable bonds is 17. The third-order valence-electron chi connectivity index (χ3n) is 11.2. The highest BCUT2D eigenvalue weighted by atomic mass is 16.6. The summed E-state index contributed by atoms with van der Waals surface area (Å²) in [6, 6.07) is 6.78. The maximum atomic E-state index is 14.9. The fourth-order valence-corrected chi connectivity index (χ4v) is 8.85. The fraction of sp³-hybridized carbons (Fsp3) is 0.641. The van der Waals surface area contributed by atoms with Crippen LogP contribution in [0.3, 0.4) is 0 Å². The van der Waals surface area contributed by atoms with E-state index in [1.54, 1.807) is 17.1 Å². The second-order valence-electron chi connectivity index (χ2n) is 14.6. The molecule has 1 aromatic rings. The standard InChI is InChI=1S/C39H55N3O8/c1-6-8-19-31(44)40-28(24-48-5)34(26-15-11-9-12-16-26)49-38(47)32-30-20-21-39(50-30)33(32)36(45)42(29(23-43)25(3)4)35(39)37(46)41(22-7-2)27-17-13-10-14-18-27/h6-7,9,11-12,15-16,25,27-30,32-35,43H,1-2,8,10,13-14,17-24H2,3-5H3,(H,40,44)/t28-,29+,30+,32-,33-,34-,35+,39-/m1/s1. The van der Waals surface area contributed by atoms with Gasteiger partial charge >= 0.3 is 5.97 Å². The van der Waals surface area contributed by atoms with Crippen molar-refractivity contribution in [3.8, 4) is 0 Å². The lowest BCUT2D eigenvalue weighted by Crippen LogP contribution is -2.61. The highest BCUT2D eigenvalue weighted by molar-refractivity contribution is 5.98. The summed E-state index contributed by atoms with van der Waals surface area (Å²) >= 11 is 0. The number of nitrogens with zero attached hydrogens (tertiary/aromatic N) is 2. The van der Waals surface area contributed by atoms with Crippen molar-refractivity contribution in [2.45, 2.75) is 114 Å². The number of carbonyl (C=O) groups excluding carboxylic acids is 4. The van der Waals surface area contributed by atoms with Crippen LogP contribution in [0.2, 0.25) is 0 Å². The van der Waals surface area contributed by atoms with Gasteiger partial charge in [-0.1, -0.05) is 75.6 Å². The zero-order valence-corrected chi connectivity index (χ0v) is 29.8. The van der Waals surface area contributed by atoms with Crippen molar-refractivity contribution >= 4 is 23.7 Å². The lowest BCUT2D eigenvalue weighted by molar-refractivity contribution is -0.164. The third-order valence-corrected chi connectivity index (χ3v) is 11.2. The number of methoxy groups -OCH3 is 1. The van der Waals surface area contributed by atoms with E-state index in [1.807, 2.05) is 49.1 Å². The lowest BCUT2D eigenvalue weighted by atomic mass is 9.70. The molecule has 0 radical (unpaired) electrons. The number of amides is 3. The molecule has 1 aliphatic carbocycles. The zero-order chi connectivity index (χ0) is 36.0. The predicted octanol–water partition coefficient (Wildman–Crippen LogP) is 4.11. The number of fused-ring (bicyclic) bond motifs is 1. The maximum absolute atomic E-state index is 14.9. The smallest absolute Gasteiger partial charge is 0.313 e. The van der Waals surface area contributed by atoms with Crippen LogP contribution in [0, 0.1) is 17.8 Å². The Morgan fingerprint density at radius 3 is 2.46 bits per heavy atom. The molecule has 3 amide bonds. The quantitative estimate of drug-likeness (QED) is 0.184. The summed E-state index contributed by atoms with van der Waals surface area (Å²) in [4.78, 5) is 60.4. The molecule has 2 N–H and O–H groups in total. The average Bonchev–Trinajstić information content (AvgIpc) is 3.76. The summed E-state index contributed by atoms with van der Waals surface area (Å²) in [6.45, 7) is 11.5. The molecule has 4 fully saturated rings. The highest BCUT2D eigenvalue weighted by Crippen LogP contribution is 2.59. The fourth-order valence-electron chi connectivity index (χ4n) is 8.85. The summed E-state index contributed by atoms with van der Waals surface area (Å²) < 4.78 is 18.5. The number of esters is 1. The molecule has 1 saturated carbocycles. The number of carbonyl (C=O) groups is 4. The molecular weight excluding hydrogens is 638 g/mol. The Morgan fingerprint density at radius 2 is 1.84 bits per heavy atom. The van der Waals surface area contributed by atoms with E-state index in [9.17, 15) is 24.3 Å². The maximum Gasteiger partial charge on any atom is 0.313 e. The summed E-state index contributed by atoms with van der Waals surface area (Å²) in [5, 5.41) is 13.6. The normalized spacial score (nSPS) is 27.8. The molecule has 11 nitrogen and oxygen atoms in total. The van der Waals surface area contributed by atoms with Crippen LogP contribution in [0.1, 0.15) is 83.3 Å². The van der Waals surface area contributed by atoms with Crippen molar-refractivity contribution in [1.82, 2.24) is 15.1 Å². The molecule has 0 aromatic heterocycles. The number of likely N-dealkylation sites (tertiary alicyclic amines) is 1. The molecule has 3 saturated heterocycles. The van der Waals surface area contributed by atoms with Crippen molar-refractivity contribution in [3.63, 3.8) is 0 Å². The Kier molecular flexibility index (Phi) is 12.6. The molecular formula is C39H55N3O8. The number of aliphatic hydroxyl groups excluding tert-OH is 1. The number of allylic oxidation sites excluding steroid dienone is 1. The number of hydrogen-bond donors (Lipinski definition) is 2. The van der Waals surface area contributed by atoms with E-state index in [1.165, 1.54) is 7.11 Å². The first-order chi connectivity index (χ1) is 24.1. The summed E-state index contributed by atoms with van der Waals surface area (Å²) in [5.41, 5.74) is -0.586. The average molecular weight is 694 g/mol. The van der Waals surface area contributed by atoms with Crippen molar-refractivity contribution in [1.29, 1.82) is 0 Å². The second-order valence-corrected chi connectivity index (χ2v) is 14.6. The van der Waals surface area contributed by atoms with Gasteiger partial charge in [-0.15, -0.1) is 13.2 Å². The highest BCUT2D eigenvalue weighted by Gasteiger charge is 2.76. The summed E-state index contributed by atoms with van der Waals surface area (Å²) in [6.07, 6.45) is 8.35. The first-order valence-electron chi connectivity index (χ1n) is 18.3. The van der Waals surface area contributed by atoms with Crippen molar-refractivity contribution in [2.75, 3.05) is 26.9 Å². The second kappa shape index (κ2) is 16.7. The molecule has 1 spiro atoms. The molecule has 2 bridgehead atoms. The molecule has 3 heterocycles. The minimum absolute atomic E-state index is 0.0127. The third kappa shape index (κ3) is 7.27. The van der Waals surface area contributed by atoms with E-state index in [0.29, 0.717) is 31.4 Å². The molecule has 0 unspecified atom stereocenters. The number of benzene rings is 1. The number of ether oxygens (including phenoxy) is 3. The minimum Gasteiger partial charge on any atom is -0.455 e. The lowest BCUT2D eigenvalue weighted by Gasteiger charge is -2.43. The molecule has 50 heavy (non-hydrogen) atoms. The van der Waals surface area contributed by atoms with Gasteiger partial charge < -0.3 is 34.4 Å².